The maximum atomic E-state index is 6.11. The van der Waals surface area contributed by atoms with Gasteiger partial charge in [-0.1, -0.05) is 24.1 Å². The summed E-state index contributed by atoms with van der Waals surface area (Å²) in [7, 11) is 0. The van der Waals surface area contributed by atoms with Gasteiger partial charge in [0.2, 0.25) is 0 Å². The maximum Gasteiger partial charge on any atom is 0.122 e. The second-order valence-electron chi connectivity index (χ2n) is 6.56. The van der Waals surface area contributed by atoms with Crippen molar-refractivity contribution in [2.45, 2.75) is 32.6 Å². The Morgan fingerprint density at radius 2 is 2.05 bits per heavy atom. The molecule has 0 unspecified atom stereocenters. The molecule has 1 aliphatic heterocycles. The molecule has 116 valence electrons. The average Bonchev–Trinajstić information content (AvgIpc) is 2.46. The fourth-order valence-electron chi connectivity index (χ4n) is 3.12. The smallest absolute Gasteiger partial charge is 0.122 e. The topological polar surface area (TPSA) is 24.5 Å². The van der Waals surface area contributed by atoms with Gasteiger partial charge in [0, 0.05) is 32.7 Å². The van der Waals surface area contributed by atoms with Crippen molar-refractivity contribution < 1.29 is 4.74 Å². The number of nitrogens with zero attached hydrogens (tertiary/aromatic N) is 1. The molecule has 1 heterocycles. The Balaban J connectivity index is 1.56. The molecule has 0 spiro atoms. The van der Waals surface area contributed by atoms with Crippen LogP contribution in [0.2, 0.25) is 0 Å². The summed E-state index contributed by atoms with van der Waals surface area (Å²) in [6.07, 6.45) is 5.18. The van der Waals surface area contributed by atoms with E-state index in [9.17, 15) is 0 Å². The lowest BCUT2D eigenvalue weighted by molar-refractivity contribution is 0.178. The van der Waals surface area contributed by atoms with Crippen molar-refractivity contribution in [2.24, 2.45) is 5.92 Å². The van der Waals surface area contributed by atoms with Crippen LogP contribution in [0.25, 0.3) is 0 Å². The monoisotopic (exact) mass is 288 g/mol. The van der Waals surface area contributed by atoms with Crippen LogP contribution in [-0.2, 0) is 6.42 Å². The highest BCUT2D eigenvalue weighted by molar-refractivity contribution is 5.37. The number of nitrogens with one attached hydrogen (secondary N) is 1. The molecule has 3 rings (SSSR count). The fourth-order valence-corrected chi connectivity index (χ4v) is 3.12. The van der Waals surface area contributed by atoms with Gasteiger partial charge in [0.15, 0.2) is 0 Å². The van der Waals surface area contributed by atoms with Crippen molar-refractivity contribution in [1.29, 1.82) is 0 Å². The van der Waals surface area contributed by atoms with E-state index in [-0.39, 0.29) is 0 Å². The van der Waals surface area contributed by atoms with E-state index in [1.54, 1.807) is 0 Å². The third-order valence-electron chi connectivity index (χ3n) is 4.82. The Morgan fingerprint density at radius 1 is 1.24 bits per heavy atom. The molecule has 0 atom stereocenters. The van der Waals surface area contributed by atoms with Gasteiger partial charge in [-0.05, 0) is 43.7 Å². The fraction of sp³-hybridized carbons (Fsp3) is 0.667. The summed E-state index contributed by atoms with van der Waals surface area (Å²) < 4.78 is 6.11. The van der Waals surface area contributed by atoms with Crippen LogP contribution in [0.5, 0.6) is 5.75 Å². The van der Waals surface area contributed by atoms with Gasteiger partial charge < -0.3 is 15.0 Å². The van der Waals surface area contributed by atoms with Gasteiger partial charge in [-0.3, -0.25) is 0 Å². The average molecular weight is 288 g/mol. The Hall–Kier alpha value is -1.06. The van der Waals surface area contributed by atoms with Crippen molar-refractivity contribution in [3.05, 3.63) is 29.3 Å². The van der Waals surface area contributed by atoms with E-state index < -0.39 is 0 Å². The third-order valence-corrected chi connectivity index (χ3v) is 4.82. The molecule has 3 heteroatoms. The third kappa shape index (κ3) is 4.21. The summed E-state index contributed by atoms with van der Waals surface area (Å²) >= 11 is 0. The molecule has 1 aromatic rings. The lowest BCUT2D eigenvalue weighted by Crippen LogP contribution is -2.44. The van der Waals surface area contributed by atoms with E-state index in [1.807, 2.05) is 0 Å². The molecule has 1 N–H and O–H groups in total. The van der Waals surface area contributed by atoms with E-state index in [1.165, 1.54) is 43.5 Å². The zero-order valence-corrected chi connectivity index (χ0v) is 13.2. The molecule has 0 bridgehead atoms. The summed E-state index contributed by atoms with van der Waals surface area (Å²) in [5, 5.41) is 3.41. The highest BCUT2D eigenvalue weighted by Gasteiger charge is 2.18. The molecule has 21 heavy (non-hydrogen) atoms. The number of aryl methyl sites for hydroxylation is 1. The minimum Gasteiger partial charge on any atom is -0.493 e. The molecule has 2 aliphatic rings. The first kappa shape index (κ1) is 14.9. The molecule has 0 aromatic heterocycles. The zero-order valence-electron chi connectivity index (χ0n) is 13.2. The molecular weight excluding hydrogens is 260 g/mol. The van der Waals surface area contributed by atoms with Gasteiger partial charge in [0.05, 0.1) is 6.61 Å². The Morgan fingerprint density at radius 3 is 2.76 bits per heavy atom. The minimum absolute atomic E-state index is 0.798. The predicted octanol–water partition coefficient (Wildman–Crippen LogP) is 2.62. The Kier molecular flexibility index (Phi) is 5.15. The van der Waals surface area contributed by atoms with Crippen LogP contribution >= 0.6 is 0 Å². The lowest BCUT2D eigenvalue weighted by atomic mass is 9.86. The number of hydrogen-bond donors (Lipinski definition) is 1. The summed E-state index contributed by atoms with van der Waals surface area (Å²) in [4.78, 5) is 2.55. The highest BCUT2D eigenvalue weighted by Crippen LogP contribution is 2.28. The van der Waals surface area contributed by atoms with E-state index in [4.69, 9.17) is 4.74 Å². The van der Waals surface area contributed by atoms with Crippen molar-refractivity contribution >= 4 is 0 Å². The number of ether oxygens (including phenoxy) is 1. The minimum atomic E-state index is 0.798. The summed E-state index contributed by atoms with van der Waals surface area (Å²) in [6.45, 7) is 8.81. The number of benzene rings is 1. The van der Waals surface area contributed by atoms with Gasteiger partial charge >= 0.3 is 0 Å². The maximum absolute atomic E-state index is 6.11. The van der Waals surface area contributed by atoms with Crippen LogP contribution in [0.15, 0.2) is 18.2 Å². The number of rotatable bonds is 6. The number of hydrogen-bond acceptors (Lipinski definition) is 3. The van der Waals surface area contributed by atoms with Crippen molar-refractivity contribution in [2.75, 3.05) is 39.3 Å². The molecular formula is C18H28N2O. The predicted molar refractivity (Wildman–Crippen MR) is 87.0 cm³/mol. The molecule has 1 saturated heterocycles. The van der Waals surface area contributed by atoms with Crippen molar-refractivity contribution in [3.8, 4) is 5.75 Å². The van der Waals surface area contributed by atoms with Crippen LogP contribution < -0.4 is 10.1 Å². The number of piperazine rings is 1. The van der Waals surface area contributed by atoms with Gasteiger partial charge in [0.1, 0.15) is 5.75 Å². The van der Waals surface area contributed by atoms with E-state index in [2.05, 4.69) is 35.3 Å². The second kappa shape index (κ2) is 7.28. The normalized spacial score (nSPS) is 20.2. The SMILES string of the molecule is Cc1ccc(OCC2CCC2)c(CCN2CCNCC2)c1. The first-order valence-corrected chi connectivity index (χ1v) is 8.46. The largest absolute Gasteiger partial charge is 0.493 e. The van der Waals surface area contributed by atoms with Gasteiger partial charge in [-0.15, -0.1) is 0 Å². The quantitative estimate of drug-likeness (QED) is 0.871. The molecule has 2 fully saturated rings. The highest BCUT2D eigenvalue weighted by atomic mass is 16.5. The van der Waals surface area contributed by atoms with Gasteiger partial charge in [-0.25, -0.2) is 0 Å². The van der Waals surface area contributed by atoms with Crippen LogP contribution in [0.1, 0.15) is 30.4 Å². The van der Waals surface area contributed by atoms with Crippen molar-refractivity contribution in [3.63, 3.8) is 0 Å². The van der Waals surface area contributed by atoms with Crippen LogP contribution in [0.4, 0.5) is 0 Å². The zero-order chi connectivity index (χ0) is 14.5. The molecule has 1 aliphatic carbocycles. The van der Waals surface area contributed by atoms with Crippen LogP contribution in [0, 0.1) is 12.8 Å². The first-order valence-electron chi connectivity index (χ1n) is 8.46. The van der Waals surface area contributed by atoms with E-state index in [0.29, 0.717) is 0 Å². The molecule has 0 radical (unpaired) electrons. The lowest BCUT2D eigenvalue weighted by Gasteiger charge is -2.28. The van der Waals surface area contributed by atoms with E-state index in [0.717, 1.165) is 44.3 Å². The molecule has 0 amide bonds. The summed E-state index contributed by atoms with van der Waals surface area (Å²) in [6, 6.07) is 6.64. The molecule has 3 nitrogen and oxygen atoms in total. The molecule has 1 aromatic carbocycles. The van der Waals surface area contributed by atoms with E-state index >= 15 is 0 Å². The van der Waals surface area contributed by atoms with Crippen LogP contribution in [-0.4, -0.2) is 44.2 Å². The van der Waals surface area contributed by atoms with Crippen molar-refractivity contribution in [1.82, 2.24) is 10.2 Å². The summed E-state index contributed by atoms with van der Waals surface area (Å²) in [5.41, 5.74) is 2.72. The Labute approximate surface area is 128 Å². The second-order valence-corrected chi connectivity index (χ2v) is 6.56. The van der Waals surface area contributed by atoms with Gasteiger partial charge in [0.25, 0.3) is 0 Å². The van der Waals surface area contributed by atoms with Crippen LogP contribution in [0.3, 0.4) is 0 Å². The van der Waals surface area contributed by atoms with Gasteiger partial charge in [-0.2, -0.15) is 0 Å². The standard InChI is InChI=1S/C18H28N2O/c1-15-5-6-18(21-14-16-3-2-4-16)17(13-15)7-10-20-11-8-19-9-12-20/h5-6,13,16,19H,2-4,7-12,14H2,1H3. The first-order chi connectivity index (χ1) is 10.3. The Bertz CT molecular complexity index is 451. The molecule has 1 saturated carbocycles. The summed E-state index contributed by atoms with van der Waals surface area (Å²) in [5.74, 6) is 1.91.